The zero-order valence-electron chi connectivity index (χ0n) is 20.6. The number of fused-ring (bicyclic) bond motifs is 1. The summed E-state index contributed by atoms with van der Waals surface area (Å²) in [5.41, 5.74) is 0.694. The molecule has 2 atom stereocenters. The Bertz CT molecular complexity index is 959. The highest BCUT2D eigenvalue weighted by atomic mass is 16.6. The summed E-state index contributed by atoms with van der Waals surface area (Å²) >= 11 is 0. The Morgan fingerprint density at radius 3 is 2.44 bits per heavy atom. The fourth-order valence-corrected chi connectivity index (χ4v) is 4.44. The van der Waals surface area contributed by atoms with Crippen LogP contribution in [0, 0.1) is 5.92 Å². The molecule has 8 heteroatoms. The molecule has 2 aliphatic heterocycles. The molecule has 1 saturated heterocycles. The Morgan fingerprint density at radius 2 is 1.75 bits per heavy atom. The number of amides is 1. The van der Waals surface area contributed by atoms with Crippen molar-refractivity contribution < 1.29 is 28.8 Å². The maximum Gasteiger partial charge on any atom is 0.223 e. The van der Waals surface area contributed by atoms with Crippen molar-refractivity contribution in [1.29, 1.82) is 0 Å². The van der Waals surface area contributed by atoms with Crippen molar-refractivity contribution in [3.8, 4) is 23.0 Å². The van der Waals surface area contributed by atoms with Crippen LogP contribution in [-0.2, 0) is 4.79 Å². The number of nitrogens with one attached hydrogen (secondary N) is 1. The molecule has 1 fully saturated rings. The zero-order chi connectivity index (χ0) is 24.6. The number of likely N-dealkylation sites (tertiary alicyclic amines) is 1. The number of benzene rings is 2. The van der Waals surface area contributed by atoms with E-state index in [9.17, 15) is 9.90 Å². The molecule has 0 radical (unpaired) electrons. The summed E-state index contributed by atoms with van der Waals surface area (Å²) in [6.45, 7) is 6.00. The van der Waals surface area contributed by atoms with E-state index in [1.165, 1.54) is 0 Å². The molecule has 198 valence electrons. The van der Waals surface area contributed by atoms with Gasteiger partial charge in [-0.15, -0.1) is 0 Å². The quantitative estimate of drug-likeness (QED) is 0.513. The number of ether oxygens (including phenoxy) is 4. The van der Waals surface area contributed by atoms with Gasteiger partial charge in [0, 0.05) is 6.54 Å². The van der Waals surface area contributed by atoms with E-state index in [0.29, 0.717) is 48.5 Å². The molecule has 0 saturated carbocycles. The van der Waals surface area contributed by atoms with Gasteiger partial charge in [0.25, 0.3) is 0 Å². The second-order valence-corrected chi connectivity index (χ2v) is 9.28. The Kier molecular flexibility index (Phi) is 10.3. The highest BCUT2D eigenvalue weighted by molar-refractivity contribution is 5.76. The van der Waals surface area contributed by atoms with Crippen LogP contribution >= 0.6 is 0 Å². The first-order chi connectivity index (χ1) is 17.0. The van der Waals surface area contributed by atoms with Gasteiger partial charge in [-0.05, 0) is 73.8 Å². The fourth-order valence-electron chi connectivity index (χ4n) is 4.44. The first-order valence-corrected chi connectivity index (χ1v) is 12.4. The summed E-state index contributed by atoms with van der Waals surface area (Å²) in [4.78, 5) is 15.1. The van der Waals surface area contributed by atoms with Gasteiger partial charge >= 0.3 is 0 Å². The largest absolute Gasteiger partial charge is 0.497 e. The van der Waals surface area contributed by atoms with Crippen molar-refractivity contribution in [2.45, 2.75) is 45.8 Å². The molecule has 0 aromatic heterocycles. The molecular weight excluding hydrogens is 460 g/mol. The SMILES string of the molecule is C.COc1ccc(OCCC(=O)N[C@H](CN2CCC(C)CC2)[C@H](O)c2ccc3c(c2)OCCO3)cc1. The maximum atomic E-state index is 12.8. The van der Waals surface area contributed by atoms with Crippen molar-refractivity contribution in [2.24, 2.45) is 5.92 Å². The van der Waals surface area contributed by atoms with Gasteiger partial charge in [-0.1, -0.05) is 20.4 Å². The third-order valence-electron chi connectivity index (χ3n) is 6.62. The maximum absolute atomic E-state index is 12.8. The summed E-state index contributed by atoms with van der Waals surface area (Å²) in [6, 6.07) is 12.2. The van der Waals surface area contributed by atoms with Crippen LogP contribution in [0.2, 0.25) is 0 Å². The van der Waals surface area contributed by atoms with E-state index >= 15 is 0 Å². The number of carbonyl (C=O) groups excluding carboxylic acids is 1. The average molecular weight is 501 g/mol. The van der Waals surface area contributed by atoms with Gasteiger partial charge in [-0.3, -0.25) is 4.79 Å². The van der Waals surface area contributed by atoms with E-state index in [1.54, 1.807) is 7.11 Å². The summed E-state index contributed by atoms with van der Waals surface area (Å²) in [5, 5.41) is 14.3. The van der Waals surface area contributed by atoms with Crippen LogP contribution in [0.5, 0.6) is 23.0 Å². The number of rotatable bonds is 10. The lowest BCUT2D eigenvalue weighted by Crippen LogP contribution is -2.49. The van der Waals surface area contributed by atoms with E-state index in [-0.39, 0.29) is 26.4 Å². The normalized spacial score (nSPS) is 17.4. The van der Waals surface area contributed by atoms with Crippen LogP contribution in [0.15, 0.2) is 42.5 Å². The number of nitrogens with zero attached hydrogens (tertiary/aromatic N) is 1. The summed E-state index contributed by atoms with van der Waals surface area (Å²) < 4.78 is 22.1. The first-order valence-electron chi connectivity index (χ1n) is 12.4. The van der Waals surface area contributed by atoms with Crippen LogP contribution in [0.3, 0.4) is 0 Å². The van der Waals surface area contributed by atoms with E-state index in [4.69, 9.17) is 18.9 Å². The third-order valence-corrected chi connectivity index (χ3v) is 6.62. The van der Waals surface area contributed by atoms with Crippen molar-refractivity contribution in [1.82, 2.24) is 10.2 Å². The van der Waals surface area contributed by atoms with Gasteiger partial charge in [0.15, 0.2) is 11.5 Å². The molecule has 36 heavy (non-hydrogen) atoms. The van der Waals surface area contributed by atoms with Crippen LogP contribution in [0.25, 0.3) is 0 Å². The number of carbonyl (C=O) groups is 1. The fraction of sp³-hybridized carbons (Fsp3) is 0.536. The summed E-state index contributed by atoms with van der Waals surface area (Å²) in [5.74, 6) is 3.26. The molecule has 4 rings (SSSR count). The average Bonchev–Trinajstić information content (AvgIpc) is 2.89. The minimum Gasteiger partial charge on any atom is -0.497 e. The van der Waals surface area contributed by atoms with E-state index < -0.39 is 12.1 Å². The molecule has 0 spiro atoms. The molecule has 0 bridgehead atoms. The predicted octanol–water partition coefficient (Wildman–Crippen LogP) is 3.82. The highest BCUT2D eigenvalue weighted by Crippen LogP contribution is 2.33. The minimum absolute atomic E-state index is 0. The number of hydrogen-bond donors (Lipinski definition) is 2. The van der Waals surface area contributed by atoms with E-state index in [2.05, 4.69) is 17.1 Å². The number of aliphatic hydroxyl groups excluding tert-OH is 1. The van der Waals surface area contributed by atoms with Gasteiger partial charge in [-0.2, -0.15) is 0 Å². The minimum atomic E-state index is -0.878. The molecule has 2 aromatic carbocycles. The molecule has 8 nitrogen and oxygen atoms in total. The van der Waals surface area contributed by atoms with Crippen LogP contribution < -0.4 is 24.3 Å². The molecule has 0 unspecified atom stereocenters. The molecule has 1 amide bonds. The number of hydrogen-bond acceptors (Lipinski definition) is 7. The smallest absolute Gasteiger partial charge is 0.223 e. The Balaban J connectivity index is 0.00000361. The van der Waals surface area contributed by atoms with Gasteiger partial charge < -0.3 is 34.3 Å². The Morgan fingerprint density at radius 1 is 1.08 bits per heavy atom. The van der Waals surface area contributed by atoms with Crippen molar-refractivity contribution >= 4 is 5.91 Å². The third kappa shape index (κ3) is 7.51. The standard InChI is InChI=1S/C27H36N2O6.CH4/c1-19-9-12-29(13-10-19)18-23(27(31)20-3-8-24-25(17-20)35-16-15-34-24)28-26(30)11-14-33-22-6-4-21(32-2)5-7-22;/h3-8,17,19,23,27,31H,9-16,18H2,1-2H3,(H,28,30);1H4/t23-,27-;/m1./s1. The topological polar surface area (TPSA) is 89.5 Å². The van der Waals surface area contributed by atoms with E-state index in [0.717, 1.165) is 31.7 Å². The molecule has 0 aliphatic carbocycles. The lowest BCUT2D eigenvalue weighted by Gasteiger charge is -2.35. The molecule has 2 heterocycles. The summed E-state index contributed by atoms with van der Waals surface area (Å²) in [7, 11) is 1.61. The molecule has 2 aliphatic rings. The van der Waals surface area contributed by atoms with Gasteiger partial charge in [0.05, 0.1) is 26.2 Å². The first kappa shape index (κ1) is 27.6. The number of piperidine rings is 1. The Hall–Kier alpha value is -2.97. The van der Waals surface area contributed by atoms with Gasteiger partial charge in [-0.25, -0.2) is 0 Å². The van der Waals surface area contributed by atoms with Crippen molar-refractivity contribution in [3.63, 3.8) is 0 Å². The van der Waals surface area contributed by atoms with Crippen LogP contribution in [0.4, 0.5) is 0 Å². The monoisotopic (exact) mass is 500 g/mol. The van der Waals surface area contributed by atoms with Gasteiger partial charge in [0.2, 0.25) is 5.91 Å². The van der Waals surface area contributed by atoms with E-state index in [1.807, 2.05) is 42.5 Å². The number of methoxy groups -OCH3 is 1. The van der Waals surface area contributed by atoms with Gasteiger partial charge in [0.1, 0.15) is 30.8 Å². The number of aliphatic hydroxyl groups is 1. The summed E-state index contributed by atoms with van der Waals surface area (Å²) in [6.07, 6.45) is 1.55. The van der Waals surface area contributed by atoms with Crippen molar-refractivity contribution in [2.75, 3.05) is 46.6 Å². The highest BCUT2D eigenvalue weighted by Gasteiger charge is 2.28. The molecule has 2 N–H and O–H groups in total. The second-order valence-electron chi connectivity index (χ2n) is 9.28. The second kappa shape index (κ2) is 13.4. The lowest BCUT2D eigenvalue weighted by molar-refractivity contribution is -0.123. The predicted molar refractivity (Wildman–Crippen MR) is 139 cm³/mol. The Labute approximate surface area is 214 Å². The lowest BCUT2D eigenvalue weighted by atomic mass is 9.96. The molecule has 2 aromatic rings. The van der Waals surface area contributed by atoms with Crippen molar-refractivity contribution in [3.05, 3.63) is 48.0 Å². The van der Waals surface area contributed by atoms with Crippen LogP contribution in [0.1, 0.15) is 45.3 Å². The zero-order valence-corrected chi connectivity index (χ0v) is 20.6. The van der Waals surface area contributed by atoms with Crippen LogP contribution in [-0.4, -0.2) is 68.5 Å². The molecular formula is C28H40N2O6.